The Morgan fingerprint density at radius 3 is 2.64 bits per heavy atom. The van der Waals surface area contributed by atoms with Crippen LogP contribution in [-0.4, -0.2) is 29.3 Å². The fraction of sp³-hybridized carbons (Fsp3) is 0.591. The Morgan fingerprint density at radius 1 is 1.20 bits per heavy atom. The summed E-state index contributed by atoms with van der Waals surface area (Å²) in [7, 11) is 0. The predicted molar refractivity (Wildman–Crippen MR) is 105 cm³/mol. The van der Waals surface area contributed by atoms with E-state index in [0.29, 0.717) is 11.7 Å². The summed E-state index contributed by atoms with van der Waals surface area (Å²) in [6.45, 7) is 7.14. The van der Waals surface area contributed by atoms with Crippen LogP contribution >= 0.6 is 11.3 Å². The molecule has 6 rings (SSSR count). The largest absolute Gasteiger partial charge is 0.298 e. The maximum atomic E-state index is 13.1. The summed E-state index contributed by atoms with van der Waals surface area (Å²) in [5, 5.41) is 1.27. The number of carbonyl (C=O) groups is 1. The lowest BCUT2D eigenvalue weighted by Crippen LogP contribution is -2.61. The van der Waals surface area contributed by atoms with Crippen LogP contribution in [0.25, 0.3) is 10.1 Å². The molecule has 1 saturated carbocycles. The van der Waals surface area contributed by atoms with Gasteiger partial charge in [-0.05, 0) is 87.4 Å². The molecule has 4 heterocycles. The van der Waals surface area contributed by atoms with Crippen molar-refractivity contribution in [3.63, 3.8) is 0 Å². The summed E-state index contributed by atoms with van der Waals surface area (Å²) in [6, 6.07) is 8.75. The molecule has 0 spiro atoms. The number of hydrogen-bond acceptors (Lipinski definition) is 3. The second-order valence-corrected chi connectivity index (χ2v) is 9.91. The second kappa shape index (κ2) is 5.65. The number of carbonyl (C=O) groups excluding carboxylic acids is 1. The molecule has 0 N–H and O–H groups in total. The van der Waals surface area contributed by atoms with E-state index in [-0.39, 0.29) is 5.54 Å². The minimum atomic E-state index is 0.173. The highest BCUT2D eigenvalue weighted by atomic mass is 32.1. The lowest BCUT2D eigenvalue weighted by molar-refractivity contribution is -0.0643. The van der Waals surface area contributed by atoms with Crippen LogP contribution in [0.3, 0.4) is 0 Å². The van der Waals surface area contributed by atoms with E-state index in [2.05, 4.69) is 43.0 Å². The van der Waals surface area contributed by atoms with E-state index in [1.54, 1.807) is 11.3 Å². The Hall–Kier alpha value is -1.19. The molecular weight excluding hydrogens is 326 g/mol. The zero-order chi connectivity index (χ0) is 17.2. The molecule has 1 atom stereocenters. The molecule has 0 amide bonds. The van der Waals surface area contributed by atoms with Crippen molar-refractivity contribution in [3.8, 4) is 0 Å². The molecule has 132 valence electrons. The Kier molecular flexibility index (Phi) is 3.62. The van der Waals surface area contributed by atoms with E-state index in [4.69, 9.17) is 0 Å². The summed E-state index contributed by atoms with van der Waals surface area (Å²) in [6.07, 6.45) is 5.90. The van der Waals surface area contributed by atoms with Gasteiger partial charge in [0.05, 0.1) is 4.88 Å². The Balaban J connectivity index is 1.43. The summed E-state index contributed by atoms with van der Waals surface area (Å²) in [5.41, 5.74) is 1.65. The summed E-state index contributed by atoms with van der Waals surface area (Å²) in [5.74, 6) is 2.36. The molecule has 2 bridgehead atoms. The van der Waals surface area contributed by atoms with Crippen molar-refractivity contribution in [2.45, 2.75) is 57.4 Å². The molecule has 1 aromatic carbocycles. The van der Waals surface area contributed by atoms with E-state index >= 15 is 0 Å². The first-order chi connectivity index (χ1) is 12.0. The second-order valence-electron chi connectivity index (χ2n) is 8.86. The average molecular weight is 354 g/mol. The topological polar surface area (TPSA) is 20.3 Å². The molecule has 3 saturated heterocycles. The van der Waals surface area contributed by atoms with Gasteiger partial charge in [-0.3, -0.25) is 9.69 Å². The fourth-order valence-electron chi connectivity index (χ4n) is 5.35. The molecule has 25 heavy (non-hydrogen) atoms. The zero-order valence-electron chi connectivity index (χ0n) is 15.3. The van der Waals surface area contributed by atoms with Crippen molar-refractivity contribution in [1.29, 1.82) is 0 Å². The summed E-state index contributed by atoms with van der Waals surface area (Å²) >= 11 is 1.75. The van der Waals surface area contributed by atoms with E-state index in [9.17, 15) is 4.79 Å². The molecule has 4 aliphatic rings. The van der Waals surface area contributed by atoms with E-state index in [1.165, 1.54) is 54.4 Å². The van der Waals surface area contributed by atoms with Crippen molar-refractivity contribution in [3.05, 3.63) is 34.7 Å². The molecule has 0 radical (unpaired) electrons. The normalized spacial score (nSPS) is 30.7. The molecule has 1 aliphatic carbocycles. The number of nitrogens with zero attached hydrogens (tertiary/aromatic N) is 1. The molecule has 1 aromatic heterocycles. The smallest absolute Gasteiger partial charge is 0.173 e. The lowest BCUT2D eigenvalue weighted by atomic mass is 9.65. The maximum Gasteiger partial charge on any atom is 0.173 e. The third kappa shape index (κ3) is 2.59. The van der Waals surface area contributed by atoms with Crippen molar-refractivity contribution in [2.24, 2.45) is 11.8 Å². The van der Waals surface area contributed by atoms with E-state index in [1.807, 2.05) is 0 Å². The highest BCUT2D eigenvalue weighted by Crippen LogP contribution is 2.47. The Morgan fingerprint density at radius 2 is 1.96 bits per heavy atom. The predicted octanol–water partition coefficient (Wildman–Crippen LogP) is 5.47. The lowest BCUT2D eigenvalue weighted by Gasteiger charge is -2.56. The van der Waals surface area contributed by atoms with Gasteiger partial charge in [0.15, 0.2) is 5.78 Å². The monoisotopic (exact) mass is 353 g/mol. The van der Waals surface area contributed by atoms with Crippen LogP contribution in [0.4, 0.5) is 0 Å². The van der Waals surface area contributed by atoms with Crippen LogP contribution in [0, 0.1) is 11.8 Å². The first-order valence-electron chi connectivity index (χ1n) is 9.85. The van der Waals surface area contributed by atoms with Gasteiger partial charge in [-0.25, -0.2) is 0 Å². The number of benzene rings is 1. The summed E-state index contributed by atoms with van der Waals surface area (Å²) in [4.78, 5) is 16.7. The molecule has 3 aliphatic heterocycles. The van der Waals surface area contributed by atoms with Crippen molar-refractivity contribution in [2.75, 3.05) is 13.1 Å². The van der Waals surface area contributed by atoms with Crippen molar-refractivity contribution < 1.29 is 4.79 Å². The zero-order valence-corrected chi connectivity index (χ0v) is 16.1. The molecular formula is C22H27NOS. The van der Waals surface area contributed by atoms with Gasteiger partial charge in [-0.2, -0.15) is 0 Å². The van der Waals surface area contributed by atoms with Crippen LogP contribution in [0.1, 0.15) is 67.1 Å². The number of Topliss-reactive ketones (excluding diaryl/α,β-unsaturated/α-hetero) is 1. The van der Waals surface area contributed by atoms with Crippen molar-refractivity contribution in [1.82, 2.24) is 4.90 Å². The number of rotatable bonds is 4. The number of fused-ring (bicyclic) bond motifs is 4. The number of hydrogen-bond donors (Lipinski definition) is 0. The van der Waals surface area contributed by atoms with Crippen LogP contribution in [0.5, 0.6) is 0 Å². The highest BCUT2D eigenvalue weighted by Gasteiger charge is 2.48. The first-order valence-corrected chi connectivity index (χ1v) is 10.7. The van der Waals surface area contributed by atoms with Gasteiger partial charge in [-0.15, -0.1) is 11.3 Å². The molecule has 0 unspecified atom stereocenters. The van der Waals surface area contributed by atoms with Crippen LogP contribution in [-0.2, 0) is 0 Å². The molecule has 2 nitrogen and oxygen atoms in total. The van der Waals surface area contributed by atoms with Crippen LogP contribution in [0.2, 0.25) is 0 Å². The highest BCUT2D eigenvalue weighted by molar-refractivity contribution is 7.21. The quantitative estimate of drug-likeness (QED) is 0.679. The van der Waals surface area contributed by atoms with Gasteiger partial charge >= 0.3 is 0 Å². The van der Waals surface area contributed by atoms with E-state index in [0.717, 1.165) is 23.1 Å². The van der Waals surface area contributed by atoms with Gasteiger partial charge in [0.25, 0.3) is 0 Å². The minimum Gasteiger partial charge on any atom is -0.298 e. The van der Waals surface area contributed by atoms with Gasteiger partial charge in [0.2, 0.25) is 0 Å². The van der Waals surface area contributed by atoms with Gasteiger partial charge in [0, 0.05) is 16.7 Å². The van der Waals surface area contributed by atoms with Crippen LogP contribution in [0.15, 0.2) is 24.3 Å². The Bertz CT molecular complexity index is 824. The van der Waals surface area contributed by atoms with Crippen molar-refractivity contribution >= 4 is 27.2 Å². The third-order valence-corrected chi connectivity index (χ3v) is 8.34. The van der Waals surface area contributed by atoms with Gasteiger partial charge < -0.3 is 0 Å². The first kappa shape index (κ1) is 16.0. The van der Waals surface area contributed by atoms with Crippen LogP contribution < -0.4 is 0 Å². The summed E-state index contributed by atoms with van der Waals surface area (Å²) < 4.78 is 1.36. The van der Waals surface area contributed by atoms with E-state index < -0.39 is 0 Å². The standard InChI is InChI=1S/C22H27NOS/c1-22(2)18(15-8-10-23(22)11-9-15)13-19(24)20-12-16-4-3-5-17(14-6-7-14)21(16)25-20/h3-5,12,14-15,18H,6-11,13H2,1-2H3/t18-/m1/s1. The Labute approximate surface area is 154 Å². The van der Waals surface area contributed by atoms with Gasteiger partial charge in [0.1, 0.15) is 0 Å². The third-order valence-electron chi connectivity index (χ3n) is 7.10. The van der Waals surface area contributed by atoms with Gasteiger partial charge in [-0.1, -0.05) is 18.2 Å². The number of ketones is 1. The molecule has 4 fully saturated rings. The fourth-order valence-corrected chi connectivity index (χ4v) is 6.55. The SMILES string of the molecule is CC1(C)[C@H](CC(=O)c2cc3cccc(C4CC4)c3s2)C2CCN1CC2. The molecule has 2 aromatic rings. The molecule has 3 heteroatoms. The average Bonchev–Trinajstić information content (AvgIpc) is 3.35. The number of piperidine rings is 3. The minimum absolute atomic E-state index is 0.173. The number of thiophene rings is 1. The maximum absolute atomic E-state index is 13.1.